The molecule has 0 bridgehead atoms. The number of rotatable bonds is 9. The van der Waals surface area contributed by atoms with Crippen LogP contribution < -0.4 is 0 Å². The van der Waals surface area contributed by atoms with Crippen LogP contribution in [0.5, 0.6) is 0 Å². The van der Waals surface area contributed by atoms with Gasteiger partial charge in [-0.15, -0.1) is 6.58 Å². The Morgan fingerprint density at radius 2 is 2.07 bits per heavy atom. The lowest BCUT2D eigenvalue weighted by Gasteiger charge is -2.16. The summed E-state index contributed by atoms with van der Waals surface area (Å²) in [5, 5.41) is 0.919. The largest absolute Gasteiger partial charge is 0.353 e. The van der Waals surface area contributed by atoms with E-state index in [2.05, 4.69) is 11.6 Å². The van der Waals surface area contributed by atoms with Crippen LogP contribution in [0.25, 0.3) is 0 Å². The number of hydrogen-bond donors (Lipinski definition) is 0. The molecule has 0 aliphatic heterocycles. The Morgan fingerprint density at radius 1 is 1.47 bits per heavy atom. The molecule has 0 unspecified atom stereocenters. The molecule has 0 aromatic heterocycles. The quantitative estimate of drug-likeness (QED) is 0.258. The first-order valence-corrected chi connectivity index (χ1v) is 6.13. The van der Waals surface area contributed by atoms with Crippen LogP contribution in [-0.2, 0) is 14.3 Å². The molecule has 0 atom stereocenters. The van der Waals surface area contributed by atoms with Gasteiger partial charge in [-0.1, -0.05) is 5.20 Å². The lowest BCUT2D eigenvalue weighted by atomic mass is 10.6. The van der Waals surface area contributed by atoms with E-state index in [9.17, 15) is 4.79 Å². The summed E-state index contributed by atoms with van der Waals surface area (Å²) in [5.41, 5.74) is 0. The molecule has 84 valence electrons. The van der Waals surface area contributed by atoms with Crippen molar-refractivity contribution in [3.05, 3.63) is 11.8 Å². The predicted molar refractivity (Wildman–Crippen MR) is 59.7 cm³/mol. The van der Waals surface area contributed by atoms with Gasteiger partial charge in [-0.25, -0.2) is 9.79 Å². The van der Waals surface area contributed by atoms with Crippen LogP contribution in [-0.4, -0.2) is 41.6 Å². The van der Waals surface area contributed by atoms with Crippen molar-refractivity contribution in [2.24, 2.45) is 4.99 Å². The molecule has 15 heavy (non-hydrogen) atoms. The third-order valence-corrected chi connectivity index (χ3v) is 2.75. The van der Waals surface area contributed by atoms with Crippen LogP contribution in [0.4, 0.5) is 0 Å². The van der Waals surface area contributed by atoms with Gasteiger partial charge in [-0.3, -0.25) is 0 Å². The number of ether oxygens (including phenoxy) is 2. The van der Waals surface area contributed by atoms with E-state index in [1.165, 1.54) is 6.08 Å². The Bertz CT molecular complexity index is 221. The summed E-state index contributed by atoms with van der Waals surface area (Å²) in [5.74, 6) is 0. The van der Waals surface area contributed by atoms with Crippen molar-refractivity contribution in [1.82, 2.24) is 0 Å². The minimum absolute atomic E-state index is 0.171. The van der Waals surface area contributed by atoms with E-state index in [1.807, 2.05) is 13.8 Å². The summed E-state index contributed by atoms with van der Waals surface area (Å²) >= 11 is 0. The Kier molecular flexibility index (Phi) is 9.31. The maximum Gasteiger partial charge on any atom is 0.235 e. The Morgan fingerprint density at radius 3 is 2.53 bits per heavy atom. The molecular weight excluding hydrogens is 210 g/mol. The molecule has 0 saturated heterocycles. The highest BCUT2D eigenvalue weighted by molar-refractivity contribution is 6.45. The minimum Gasteiger partial charge on any atom is -0.353 e. The third-order valence-electron chi connectivity index (χ3n) is 1.56. The molecule has 0 heterocycles. The average molecular weight is 227 g/mol. The zero-order valence-electron chi connectivity index (χ0n) is 9.28. The van der Waals surface area contributed by atoms with Crippen molar-refractivity contribution in [3.8, 4) is 0 Å². The molecule has 0 aromatic rings. The second kappa shape index (κ2) is 9.80. The van der Waals surface area contributed by atoms with Gasteiger partial charge in [0.2, 0.25) is 6.08 Å². The molecule has 0 saturated carbocycles. The fraction of sp³-hybridized carbons (Fsp3) is 0.700. The minimum atomic E-state index is -0.171. The van der Waals surface area contributed by atoms with Crippen LogP contribution in [0.15, 0.2) is 16.8 Å². The third kappa shape index (κ3) is 8.26. The standard InChI is InChI=1S/C10H17NO3Si/c1-4-13-10(14-5-2)7-15-9(3)6-11-8-12/h10H,3-7H2,1-2H3. The number of nitrogens with zero attached hydrogens (tertiary/aromatic N) is 1. The number of hydrogen-bond acceptors (Lipinski definition) is 4. The first-order valence-electron chi connectivity index (χ1n) is 4.93. The first-order chi connectivity index (χ1) is 7.24. The summed E-state index contributed by atoms with van der Waals surface area (Å²) in [6.45, 7) is 9.30. The molecule has 0 N–H and O–H groups in total. The average Bonchev–Trinajstić information content (AvgIpc) is 2.23. The van der Waals surface area contributed by atoms with Crippen molar-refractivity contribution in [3.63, 3.8) is 0 Å². The molecular formula is C10H17NO3Si. The van der Waals surface area contributed by atoms with Crippen LogP contribution in [0.2, 0.25) is 6.04 Å². The number of isocyanates is 1. The summed E-state index contributed by atoms with van der Waals surface area (Å²) in [6.07, 6.45) is 1.32. The van der Waals surface area contributed by atoms with Gasteiger partial charge in [0.1, 0.15) is 0 Å². The highest BCUT2D eigenvalue weighted by Gasteiger charge is 2.08. The van der Waals surface area contributed by atoms with Gasteiger partial charge in [-0.05, 0) is 19.9 Å². The van der Waals surface area contributed by atoms with E-state index in [-0.39, 0.29) is 6.29 Å². The van der Waals surface area contributed by atoms with E-state index < -0.39 is 0 Å². The lowest BCUT2D eigenvalue weighted by Crippen LogP contribution is -2.20. The highest BCUT2D eigenvalue weighted by Crippen LogP contribution is 2.04. The van der Waals surface area contributed by atoms with Crippen LogP contribution in [0.3, 0.4) is 0 Å². The molecule has 0 amide bonds. The van der Waals surface area contributed by atoms with E-state index in [0.717, 1.165) is 11.2 Å². The zero-order chi connectivity index (χ0) is 11.5. The molecule has 0 aromatic carbocycles. The second-order valence-corrected chi connectivity index (χ2v) is 4.20. The molecule has 2 radical (unpaired) electrons. The van der Waals surface area contributed by atoms with E-state index in [1.54, 1.807) is 0 Å². The second-order valence-electron chi connectivity index (χ2n) is 2.73. The summed E-state index contributed by atoms with van der Waals surface area (Å²) in [7, 11) is 0.499. The fourth-order valence-electron chi connectivity index (χ4n) is 0.949. The predicted octanol–water partition coefficient (Wildman–Crippen LogP) is 1.36. The molecule has 4 nitrogen and oxygen atoms in total. The van der Waals surface area contributed by atoms with Gasteiger partial charge in [0.05, 0.1) is 16.1 Å². The normalized spacial score (nSPS) is 10.1. The molecule has 0 aliphatic rings. The smallest absolute Gasteiger partial charge is 0.235 e. The van der Waals surface area contributed by atoms with E-state index >= 15 is 0 Å². The maximum absolute atomic E-state index is 9.87. The van der Waals surface area contributed by atoms with E-state index in [0.29, 0.717) is 29.3 Å². The van der Waals surface area contributed by atoms with Gasteiger partial charge in [-0.2, -0.15) is 0 Å². The lowest BCUT2D eigenvalue weighted by molar-refractivity contribution is -0.123. The van der Waals surface area contributed by atoms with Gasteiger partial charge in [0, 0.05) is 13.2 Å². The van der Waals surface area contributed by atoms with Crippen molar-refractivity contribution < 1.29 is 14.3 Å². The van der Waals surface area contributed by atoms with Gasteiger partial charge < -0.3 is 9.47 Å². The van der Waals surface area contributed by atoms with Crippen molar-refractivity contribution in [1.29, 1.82) is 0 Å². The summed E-state index contributed by atoms with van der Waals surface area (Å²) in [4.78, 5) is 13.3. The van der Waals surface area contributed by atoms with Crippen molar-refractivity contribution in [2.75, 3.05) is 19.8 Å². The zero-order valence-corrected chi connectivity index (χ0v) is 10.3. The summed E-state index contributed by atoms with van der Waals surface area (Å²) < 4.78 is 10.7. The molecule has 0 fully saturated rings. The van der Waals surface area contributed by atoms with Gasteiger partial charge >= 0.3 is 0 Å². The first kappa shape index (κ1) is 14.3. The molecule has 0 rings (SSSR count). The van der Waals surface area contributed by atoms with Crippen LogP contribution >= 0.6 is 0 Å². The summed E-state index contributed by atoms with van der Waals surface area (Å²) in [6, 6.07) is 0.773. The monoisotopic (exact) mass is 227 g/mol. The van der Waals surface area contributed by atoms with Crippen LogP contribution in [0.1, 0.15) is 13.8 Å². The molecule has 0 aliphatic carbocycles. The van der Waals surface area contributed by atoms with E-state index in [4.69, 9.17) is 9.47 Å². The Labute approximate surface area is 93.2 Å². The topological polar surface area (TPSA) is 47.9 Å². The van der Waals surface area contributed by atoms with Crippen molar-refractivity contribution >= 4 is 15.6 Å². The molecule has 0 spiro atoms. The maximum atomic E-state index is 9.87. The SMILES string of the molecule is C=C(CN=C=O)[Si]CC(OCC)OCC. The number of aliphatic imine (C=N–C) groups is 1. The van der Waals surface area contributed by atoms with Gasteiger partial charge in [0.15, 0.2) is 6.29 Å². The molecule has 5 heteroatoms. The fourth-order valence-corrected chi connectivity index (χ4v) is 1.83. The Hall–Kier alpha value is -0.743. The number of carbonyl (C=O) groups excluding carboxylic acids is 1. The van der Waals surface area contributed by atoms with Crippen LogP contribution in [0, 0.1) is 0 Å². The Balaban J connectivity index is 3.76. The van der Waals surface area contributed by atoms with Crippen molar-refractivity contribution in [2.45, 2.75) is 26.2 Å². The highest BCUT2D eigenvalue weighted by atomic mass is 28.2. The van der Waals surface area contributed by atoms with Gasteiger partial charge in [0.25, 0.3) is 0 Å².